The summed E-state index contributed by atoms with van der Waals surface area (Å²) in [5, 5.41) is 0. The third-order valence-electron chi connectivity index (χ3n) is 5.33. The molecule has 0 radical (unpaired) electrons. The molecule has 1 aromatic heterocycles. The first-order valence-corrected chi connectivity index (χ1v) is 8.44. The standard InChI is InChI=1S/C22H19N/c1-2-7-17-16(6-1)10-11-20-18-8-5-9-22(23-14-3-4-15-23)21(18)13-12-19(17)20/h1-7,9,12-15,22H,8,10-11H2. The number of aromatic nitrogens is 1. The number of nitrogens with zero attached hydrogens (tertiary/aromatic N) is 1. The average molecular weight is 297 g/mol. The van der Waals surface area contributed by atoms with Crippen LogP contribution in [0.1, 0.15) is 28.3 Å². The van der Waals surface area contributed by atoms with Crippen LogP contribution in [-0.2, 0) is 19.3 Å². The number of aryl methyl sites for hydroxylation is 1. The SMILES string of the molecule is C1=CC(n2cccc2)c2ccc3c(c2C1)CCc1ccccc1-3. The molecule has 23 heavy (non-hydrogen) atoms. The fourth-order valence-electron chi connectivity index (χ4n) is 4.24. The van der Waals surface area contributed by atoms with Gasteiger partial charge in [0.2, 0.25) is 0 Å². The van der Waals surface area contributed by atoms with Crippen LogP contribution in [0.2, 0.25) is 0 Å². The van der Waals surface area contributed by atoms with E-state index in [1.54, 1.807) is 11.1 Å². The molecular formula is C22H19N. The lowest BCUT2D eigenvalue weighted by atomic mass is 9.78. The summed E-state index contributed by atoms with van der Waals surface area (Å²) in [6.07, 6.45) is 12.4. The molecule has 0 N–H and O–H groups in total. The van der Waals surface area contributed by atoms with E-state index in [0.29, 0.717) is 6.04 Å². The zero-order valence-corrected chi connectivity index (χ0v) is 13.1. The lowest BCUT2D eigenvalue weighted by Gasteiger charge is -2.29. The largest absolute Gasteiger partial charge is 0.343 e. The van der Waals surface area contributed by atoms with Gasteiger partial charge in [-0.05, 0) is 64.8 Å². The lowest BCUT2D eigenvalue weighted by molar-refractivity contribution is 0.683. The average Bonchev–Trinajstić information content (AvgIpc) is 3.15. The normalized spacial score (nSPS) is 18.2. The number of allylic oxidation sites excluding steroid dienone is 2. The van der Waals surface area contributed by atoms with E-state index in [1.165, 1.54) is 28.7 Å². The number of hydrogen-bond donors (Lipinski definition) is 0. The van der Waals surface area contributed by atoms with Crippen LogP contribution in [0, 0.1) is 0 Å². The maximum absolute atomic E-state index is 2.35. The van der Waals surface area contributed by atoms with Crippen molar-refractivity contribution in [3.8, 4) is 11.1 Å². The van der Waals surface area contributed by atoms with Gasteiger partial charge in [-0.2, -0.15) is 0 Å². The Hall–Kier alpha value is -2.54. The van der Waals surface area contributed by atoms with Crippen LogP contribution >= 0.6 is 0 Å². The smallest absolute Gasteiger partial charge is 0.0766 e. The molecule has 0 fully saturated rings. The molecule has 0 saturated carbocycles. The van der Waals surface area contributed by atoms with E-state index in [4.69, 9.17) is 0 Å². The van der Waals surface area contributed by atoms with Gasteiger partial charge < -0.3 is 4.57 Å². The third kappa shape index (κ3) is 1.93. The first-order chi connectivity index (χ1) is 11.4. The van der Waals surface area contributed by atoms with Crippen LogP contribution in [0.3, 0.4) is 0 Å². The molecule has 1 unspecified atom stereocenters. The molecule has 2 aromatic carbocycles. The second-order valence-electron chi connectivity index (χ2n) is 6.52. The van der Waals surface area contributed by atoms with Gasteiger partial charge in [0, 0.05) is 12.4 Å². The van der Waals surface area contributed by atoms with E-state index in [-0.39, 0.29) is 0 Å². The van der Waals surface area contributed by atoms with Crippen molar-refractivity contribution in [3.05, 3.63) is 95.3 Å². The molecule has 0 bridgehead atoms. The van der Waals surface area contributed by atoms with Gasteiger partial charge in [-0.15, -0.1) is 0 Å². The van der Waals surface area contributed by atoms with E-state index in [2.05, 4.69) is 77.6 Å². The Morgan fingerprint density at radius 1 is 0.783 bits per heavy atom. The Labute approximate surface area is 136 Å². The molecule has 112 valence electrons. The second kappa shape index (κ2) is 4.99. The van der Waals surface area contributed by atoms with Gasteiger partial charge in [0.15, 0.2) is 0 Å². The molecule has 0 aliphatic heterocycles. The summed E-state index contributed by atoms with van der Waals surface area (Å²) < 4.78 is 2.30. The lowest BCUT2D eigenvalue weighted by Crippen LogP contribution is -2.16. The van der Waals surface area contributed by atoms with Crippen LogP contribution in [0.4, 0.5) is 0 Å². The highest BCUT2D eigenvalue weighted by atomic mass is 15.0. The predicted octanol–water partition coefficient (Wildman–Crippen LogP) is 4.96. The van der Waals surface area contributed by atoms with Crippen LogP contribution in [0.5, 0.6) is 0 Å². The van der Waals surface area contributed by atoms with Gasteiger partial charge in [0.05, 0.1) is 6.04 Å². The first-order valence-electron chi connectivity index (χ1n) is 8.44. The van der Waals surface area contributed by atoms with Gasteiger partial charge in [-0.25, -0.2) is 0 Å². The van der Waals surface area contributed by atoms with Crippen molar-refractivity contribution in [2.24, 2.45) is 0 Å². The van der Waals surface area contributed by atoms with E-state index < -0.39 is 0 Å². The Kier molecular flexibility index (Phi) is 2.81. The van der Waals surface area contributed by atoms with Crippen molar-refractivity contribution in [2.75, 3.05) is 0 Å². The minimum atomic E-state index is 0.344. The summed E-state index contributed by atoms with van der Waals surface area (Å²) in [5.74, 6) is 0. The van der Waals surface area contributed by atoms with Crippen LogP contribution < -0.4 is 0 Å². The number of fused-ring (bicyclic) bond motifs is 5. The third-order valence-corrected chi connectivity index (χ3v) is 5.33. The monoisotopic (exact) mass is 297 g/mol. The van der Waals surface area contributed by atoms with Crippen molar-refractivity contribution in [1.82, 2.24) is 4.57 Å². The summed E-state index contributed by atoms with van der Waals surface area (Å²) in [7, 11) is 0. The first kappa shape index (κ1) is 13.0. The Morgan fingerprint density at radius 3 is 2.57 bits per heavy atom. The van der Waals surface area contributed by atoms with E-state index in [9.17, 15) is 0 Å². The number of rotatable bonds is 1. The van der Waals surface area contributed by atoms with Crippen molar-refractivity contribution in [3.63, 3.8) is 0 Å². The summed E-state index contributed by atoms with van der Waals surface area (Å²) in [4.78, 5) is 0. The summed E-state index contributed by atoms with van der Waals surface area (Å²) in [6, 6.07) is 18.1. The van der Waals surface area contributed by atoms with Gasteiger partial charge in [0.25, 0.3) is 0 Å². The maximum Gasteiger partial charge on any atom is 0.0766 e. The molecular weight excluding hydrogens is 278 g/mol. The van der Waals surface area contributed by atoms with Crippen LogP contribution in [0.15, 0.2) is 73.1 Å². The molecule has 0 saturated heterocycles. The van der Waals surface area contributed by atoms with E-state index in [0.717, 1.165) is 12.8 Å². The topological polar surface area (TPSA) is 4.93 Å². The van der Waals surface area contributed by atoms with Crippen LogP contribution in [0.25, 0.3) is 11.1 Å². The highest BCUT2D eigenvalue weighted by Gasteiger charge is 2.24. The van der Waals surface area contributed by atoms with Gasteiger partial charge >= 0.3 is 0 Å². The number of hydrogen-bond acceptors (Lipinski definition) is 0. The molecule has 3 aromatic rings. The second-order valence-corrected chi connectivity index (χ2v) is 6.52. The quantitative estimate of drug-likeness (QED) is 0.560. The van der Waals surface area contributed by atoms with Gasteiger partial charge in [0.1, 0.15) is 0 Å². The van der Waals surface area contributed by atoms with E-state index in [1.807, 2.05) is 0 Å². The van der Waals surface area contributed by atoms with Gasteiger partial charge in [-0.1, -0.05) is 48.6 Å². The van der Waals surface area contributed by atoms with Crippen molar-refractivity contribution < 1.29 is 0 Å². The fraction of sp³-hybridized carbons (Fsp3) is 0.182. The summed E-state index contributed by atoms with van der Waals surface area (Å²) in [6.45, 7) is 0. The molecule has 2 aliphatic carbocycles. The highest BCUT2D eigenvalue weighted by Crippen LogP contribution is 2.40. The fourth-order valence-corrected chi connectivity index (χ4v) is 4.24. The molecule has 1 heteroatoms. The number of benzene rings is 2. The zero-order chi connectivity index (χ0) is 15.2. The minimum Gasteiger partial charge on any atom is -0.343 e. The highest BCUT2D eigenvalue weighted by molar-refractivity contribution is 5.75. The Bertz CT molecular complexity index is 900. The summed E-state index contributed by atoms with van der Waals surface area (Å²) in [5.41, 5.74) is 8.98. The molecule has 1 nitrogen and oxygen atoms in total. The minimum absolute atomic E-state index is 0.344. The Morgan fingerprint density at radius 2 is 1.65 bits per heavy atom. The van der Waals surface area contributed by atoms with Crippen molar-refractivity contribution in [2.45, 2.75) is 25.3 Å². The molecule has 1 atom stereocenters. The summed E-state index contributed by atoms with van der Waals surface area (Å²) >= 11 is 0. The molecule has 0 spiro atoms. The van der Waals surface area contributed by atoms with Crippen molar-refractivity contribution in [1.29, 1.82) is 0 Å². The maximum atomic E-state index is 2.35. The Balaban J connectivity index is 1.70. The molecule has 5 rings (SSSR count). The molecule has 1 heterocycles. The van der Waals surface area contributed by atoms with E-state index >= 15 is 0 Å². The molecule has 2 aliphatic rings. The van der Waals surface area contributed by atoms with Crippen LogP contribution in [-0.4, -0.2) is 4.57 Å². The predicted molar refractivity (Wildman–Crippen MR) is 94.7 cm³/mol. The zero-order valence-electron chi connectivity index (χ0n) is 13.1. The van der Waals surface area contributed by atoms with Crippen molar-refractivity contribution >= 4 is 0 Å². The molecule has 0 amide bonds. The van der Waals surface area contributed by atoms with Gasteiger partial charge in [-0.3, -0.25) is 0 Å².